The lowest BCUT2D eigenvalue weighted by molar-refractivity contribution is 0.0855. The molecule has 5 heteroatoms. The highest BCUT2D eigenvalue weighted by Crippen LogP contribution is 2.29. The monoisotopic (exact) mass is 297 g/mol. The van der Waals surface area contributed by atoms with E-state index in [-0.39, 0.29) is 0 Å². The number of aromatic nitrogens is 1. The molecule has 0 atom stereocenters. The second-order valence-corrected chi connectivity index (χ2v) is 6.41. The van der Waals surface area contributed by atoms with Crippen LogP contribution in [0, 0.1) is 0 Å². The number of aryl methyl sites for hydroxylation is 1. The van der Waals surface area contributed by atoms with Crippen LogP contribution < -0.4 is 10.2 Å². The molecule has 114 valence electrons. The van der Waals surface area contributed by atoms with Crippen LogP contribution in [0.25, 0.3) is 0 Å². The summed E-state index contributed by atoms with van der Waals surface area (Å²) in [6.45, 7) is 8.09. The Kier molecular flexibility index (Phi) is 6.26. The van der Waals surface area contributed by atoms with Crippen molar-refractivity contribution in [3.05, 3.63) is 10.6 Å². The molecule has 1 aliphatic heterocycles. The standard InChI is InChI=1S/C15H27N3OS/c1-4-6-13-14(11-16-5-2)20-15(17-13)18(3)12-7-9-19-10-8-12/h12,16H,4-11H2,1-3H3. The lowest BCUT2D eigenvalue weighted by Crippen LogP contribution is -2.36. The van der Waals surface area contributed by atoms with Gasteiger partial charge in [-0.3, -0.25) is 0 Å². The fourth-order valence-corrected chi connectivity index (χ4v) is 3.67. The number of hydrogen-bond acceptors (Lipinski definition) is 5. The van der Waals surface area contributed by atoms with E-state index in [1.54, 1.807) is 0 Å². The van der Waals surface area contributed by atoms with E-state index in [9.17, 15) is 0 Å². The van der Waals surface area contributed by atoms with E-state index >= 15 is 0 Å². The Morgan fingerprint density at radius 3 is 2.75 bits per heavy atom. The summed E-state index contributed by atoms with van der Waals surface area (Å²) in [6.07, 6.45) is 4.46. The molecule has 1 aromatic rings. The zero-order valence-corrected chi connectivity index (χ0v) is 13.8. The first-order chi connectivity index (χ1) is 9.76. The van der Waals surface area contributed by atoms with Crippen LogP contribution in [0.2, 0.25) is 0 Å². The Balaban J connectivity index is 2.09. The van der Waals surface area contributed by atoms with Gasteiger partial charge >= 0.3 is 0 Å². The topological polar surface area (TPSA) is 37.4 Å². The van der Waals surface area contributed by atoms with Gasteiger partial charge in [-0.05, 0) is 25.8 Å². The second-order valence-electron chi connectivity index (χ2n) is 5.35. The van der Waals surface area contributed by atoms with Gasteiger partial charge in [0.1, 0.15) is 0 Å². The van der Waals surface area contributed by atoms with Crippen LogP contribution in [0.15, 0.2) is 0 Å². The number of rotatable bonds is 7. The van der Waals surface area contributed by atoms with E-state index in [0.29, 0.717) is 6.04 Å². The van der Waals surface area contributed by atoms with Gasteiger partial charge < -0.3 is 15.0 Å². The van der Waals surface area contributed by atoms with Gasteiger partial charge in [0.2, 0.25) is 0 Å². The first kappa shape index (κ1) is 15.7. The molecule has 2 heterocycles. The van der Waals surface area contributed by atoms with E-state index in [4.69, 9.17) is 9.72 Å². The molecule has 0 spiro atoms. The highest BCUT2D eigenvalue weighted by Gasteiger charge is 2.22. The van der Waals surface area contributed by atoms with E-state index < -0.39 is 0 Å². The molecule has 0 unspecified atom stereocenters. The molecule has 2 rings (SSSR count). The maximum atomic E-state index is 5.45. The predicted molar refractivity (Wildman–Crippen MR) is 85.7 cm³/mol. The third-order valence-corrected chi connectivity index (χ3v) is 5.02. The van der Waals surface area contributed by atoms with Crippen molar-refractivity contribution in [3.8, 4) is 0 Å². The molecule has 1 aliphatic rings. The SMILES string of the molecule is CCCc1nc(N(C)C2CCOCC2)sc1CNCC. The van der Waals surface area contributed by atoms with Crippen LogP contribution in [0.5, 0.6) is 0 Å². The van der Waals surface area contributed by atoms with E-state index in [1.807, 2.05) is 11.3 Å². The molecule has 1 fully saturated rings. The van der Waals surface area contributed by atoms with Crippen LogP contribution in [0.1, 0.15) is 43.7 Å². The molecule has 0 aromatic carbocycles. The molecule has 0 radical (unpaired) electrons. The van der Waals surface area contributed by atoms with Crippen LogP contribution in [-0.4, -0.2) is 37.8 Å². The summed E-state index contributed by atoms with van der Waals surface area (Å²) in [5, 5.41) is 4.60. The van der Waals surface area contributed by atoms with Crippen molar-refractivity contribution in [1.82, 2.24) is 10.3 Å². The lowest BCUT2D eigenvalue weighted by atomic mass is 10.1. The van der Waals surface area contributed by atoms with Crippen LogP contribution in [0.4, 0.5) is 5.13 Å². The molecule has 0 aliphatic carbocycles. The number of anilines is 1. The maximum absolute atomic E-state index is 5.45. The molecular formula is C15H27N3OS. The third-order valence-electron chi connectivity index (χ3n) is 3.83. The molecule has 4 nitrogen and oxygen atoms in total. The molecule has 1 N–H and O–H groups in total. The van der Waals surface area contributed by atoms with Gasteiger partial charge in [0.25, 0.3) is 0 Å². The fourth-order valence-electron chi connectivity index (χ4n) is 2.56. The molecule has 0 amide bonds. The minimum atomic E-state index is 0.580. The van der Waals surface area contributed by atoms with Crippen molar-refractivity contribution in [2.75, 3.05) is 31.7 Å². The van der Waals surface area contributed by atoms with Crippen molar-refractivity contribution in [2.24, 2.45) is 0 Å². The van der Waals surface area contributed by atoms with Crippen molar-refractivity contribution in [3.63, 3.8) is 0 Å². The van der Waals surface area contributed by atoms with E-state index in [0.717, 1.165) is 52.0 Å². The Labute approximate surface area is 126 Å². The first-order valence-electron chi connectivity index (χ1n) is 7.76. The van der Waals surface area contributed by atoms with Crippen LogP contribution >= 0.6 is 11.3 Å². The second kappa shape index (κ2) is 7.96. The number of thiazole rings is 1. The Morgan fingerprint density at radius 2 is 2.10 bits per heavy atom. The molecule has 20 heavy (non-hydrogen) atoms. The minimum absolute atomic E-state index is 0.580. The zero-order valence-electron chi connectivity index (χ0n) is 12.9. The summed E-state index contributed by atoms with van der Waals surface area (Å²) in [6, 6.07) is 0.580. The summed E-state index contributed by atoms with van der Waals surface area (Å²) in [5.41, 5.74) is 1.28. The number of ether oxygens (including phenoxy) is 1. The highest BCUT2D eigenvalue weighted by molar-refractivity contribution is 7.15. The minimum Gasteiger partial charge on any atom is -0.381 e. The fraction of sp³-hybridized carbons (Fsp3) is 0.800. The first-order valence-corrected chi connectivity index (χ1v) is 8.57. The molecule has 0 bridgehead atoms. The van der Waals surface area contributed by atoms with Gasteiger partial charge in [0, 0.05) is 37.7 Å². The maximum Gasteiger partial charge on any atom is 0.185 e. The van der Waals surface area contributed by atoms with Gasteiger partial charge in [-0.15, -0.1) is 11.3 Å². The summed E-state index contributed by atoms with van der Waals surface area (Å²) in [5.74, 6) is 0. The summed E-state index contributed by atoms with van der Waals surface area (Å²) >= 11 is 1.85. The molecule has 0 saturated carbocycles. The van der Waals surface area contributed by atoms with E-state index in [2.05, 4.69) is 31.1 Å². The Bertz CT molecular complexity index is 402. The van der Waals surface area contributed by atoms with Crippen molar-refractivity contribution in [1.29, 1.82) is 0 Å². The third kappa shape index (κ3) is 3.93. The molecule has 1 aromatic heterocycles. The van der Waals surface area contributed by atoms with Gasteiger partial charge in [-0.25, -0.2) is 4.98 Å². The zero-order chi connectivity index (χ0) is 14.4. The Morgan fingerprint density at radius 1 is 1.35 bits per heavy atom. The van der Waals surface area contributed by atoms with Crippen molar-refractivity contribution < 1.29 is 4.74 Å². The molecular weight excluding hydrogens is 270 g/mol. The number of nitrogens with one attached hydrogen (secondary N) is 1. The summed E-state index contributed by atoms with van der Waals surface area (Å²) in [4.78, 5) is 8.66. The van der Waals surface area contributed by atoms with E-state index in [1.165, 1.54) is 15.7 Å². The van der Waals surface area contributed by atoms with Crippen molar-refractivity contribution in [2.45, 2.75) is 52.1 Å². The van der Waals surface area contributed by atoms with Gasteiger partial charge in [0.05, 0.1) is 5.69 Å². The van der Waals surface area contributed by atoms with Crippen molar-refractivity contribution >= 4 is 16.5 Å². The smallest absolute Gasteiger partial charge is 0.185 e. The van der Waals surface area contributed by atoms with Crippen LogP contribution in [0.3, 0.4) is 0 Å². The Hall–Kier alpha value is -0.650. The lowest BCUT2D eigenvalue weighted by Gasteiger charge is -2.30. The molecule has 1 saturated heterocycles. The average molecular weight is 297 g/mol. The van der Waals surface area contributed by atoms with Gasteiger partial charge in [-0.2, -0.15) is 0 Å². The summed E-state index contributed by atoms with van der Waals surface area (Å²) < 4.78 is 5.45. The van der Waals surface area contributed by atoms with Gasteiger partial charge in [0.15, 0.2) is 5.13 Å². The largest absolute Gasteiger partial charge is 0.381 e. The summed E-state index contributed by atoms with van der Waals surface area (Å²) in [7, 11) is 2.18. The highest BCUT2D eigenvalue weighted by atomic mass is 32.1. The number of nitrogens with zero attached hydrogens (tertiary/aromatic N) is 2. The number of hydrogen-bond donors (Lipinski definition) is 1. The quantitative estimate of drug-likeness (QED) is 0.840. The van der Waals surface area contributed by atoms with Crippen LogP contribution in [-0.2, 0) is 17.7 Å². The average Bonchev–Trinajstić information content (AvgIpc) is 2.89. The van der Waals surface area contributed by atoms with Gasteiger partial charge in [-0.1, -0.05) is 20.3 Å². The predicted octanol–water partition coefficient (Wildman–Crippen LogP) is 2.82. The normalized spacial score (nSPS) is 16.6.